The molecule has 0 aliphatic heterocycles. The summed E-state index contributed by atoms with van der Waals surface area (Å²) in [5, 5.41) is 5.63. The molecule has 3 heterocycles. The summed E-state index contributed by atoms with van der Waals surface area (Å²) >= 11 is 0. The molecule has 9 aromatic rings. The Labute approximate surface area is 304 Å². The number of nitrogens with zero attached hydrogens (tertiary/aromatic N) is 3. The second-order valence-corrected chi connectivity index (χ2v) is 15.8. The maximum Gasteiger partial charge on any atom is 0.149 e. The van der Waals surface area contributed by atoms with E-state index in [4.69, 9.17) is 14.4 Å². The quantitative estimate of drug-likeness (QED) is 0.170. The smallest absolute Gasteiger partial charge is 0.149 e. The zero-order valence-corrected chi connectivity index (χ0v) is 31.0. The lowest BCUT2D eigenvalue weighted by molar-refractivity contribution is 0.578. The second kappa shape index (κ2) is 11.9. The van der Waals surface area contributed by atoms with Gasteiger partial charge in [-0.25, -0.2) is 4.98 Å². The van der Waals surface area contributed by atoms with Crippen LogP contribution in [0.25, 0.3) is 82.8 Å². The van der Waals surface area contributed by atoms with E-state index >= 15 is 0 Å². The molecule has 0 saturated heterocycles. The van der Waals surface area contributed by atoms with Gasteiger partial charge < -0.3 is 4.42 Å². The van der Waals surface area contributed by atoms with Gasteiger partial charge in [0.15, 0.2) is 0 Å². The van der Waals surface area contributed by atoms with Crippen LogP contribution in [-0.2, 0) is 5.41 Å². The van der Waals surface area contributed by atoms with Gasteiger partial charge >= 0.3 is 0 Å². The van der Waals surface area contributed by atoms with Crippen LogP contribution in [0, 0.1) is 0 Å². The highest BCUT2D eigenvalue weighted by Gasteiger charge is 2.27. The first-order chi connectivity index (χ1) is 25.1. The lowest BCUT2D eigenvalue weighted by atomic mass is 9.86. The number of hydrogen-bond acceptors (Lipinski definition) is 3. The van der Waals surface area contributed by atoms with Gasteiger partial charge in [0, 0.05) is 27.0 Å². The minimum absolute atomic E-state index is 0.135. The van der Waals surface area contributed by atoms with Gasteiger partial charge in [0.2, 0.25) is 0 Å². The molecule has 0 aliphatic carbocycles. The molecular formula is C48H43N3O. The zero-order valence-electron chi connectivity index (χ0n) is 31.0. The number of fused-ring (bicyclic) bond motifs is 7. The van der Waals surface area contributed by atoms with Crippen molar-refractivity contribution in [2.24, 2.45) is 0 Å². The first-order valence-corrected chi connectivity index (χ1v) is 18.5. The number of hydrogen-bond donors (Lipinski definition) is 0. The topological polar surface area (TPSA) is 43.9 Å². The lowest BCUT2D eigenvalue weighted by Gasteiger charge is -2.24. The van der Waals surface area contributed by atoms with Crippen LogP contribution in [-0.4, -0.2) is 14.5 Å². The third-order valence-electron chi connectivity index (χ3n) is 10.6. The van der Waals surface area contributed by atoms with Crippen LogP contribution < -0.4 is 0 Å². The Morgan fingerprint density at radius 2 is 1.21 bits per heavy atom. The Morgan fingerprint density at radius 3 is 1.92 bits per heavy atom. The van der Waals surface area contributed by atoms with Crippen molar-refractivity contribution >= 4 is 54.6 Å². The first-order valence-electron chi connectivity index (χ1n) is 18.5. The molecule has 4 heteroatoms. The summed E-state index contributed by atoms with van der Waals surface area (Å²) in [7, 11) is 0. The normalized spacial score (nSPS) is 12.5. The minimum atomic E-state index is -0.135. The van der Waals surface area contributed by atoms with Gasteiger partial charge in [-0.05, 0) is 88.0 Å². The lowest BCUT2D eigenvalue weighted by Crippen LogP contribution is -2.14. The predicted octanol–water partition coefficient (Wildman–Crippen LogP) is 13.5. The van der Waals surface area contributed by atoms with Gasteiger partial charge in [-0.15, -0.1) is 0 Å². The number of benzene rings is 6. The molecule has 4 nitrogen and oxygen atoms in total. The highest BCUT2D eigenvalue weighted by atomic mass is 16.3. The fourth-order valence-corrected chi connectivity index (χ4v) is 8.04. The van der Waals surface area contributed by atoms with Crippen LogP contribution in [0.1, 0.15) is 77.1 Å². The highest BCUT2D eigenvalue weighted by molar-refractivity contribution is 6.17. The van der Waals surface area contributed by atoms with Gasteiger partial charge in [0.1, 0.15) is 17.0 Å². The standard InChI is InChI=1S/C48H43N3O/c1-28(2)35-24-31(30-16-9-8-10-17-30)25-36(29(3)4)44(35)51-42-23-14-13-22-41(42)50-47(51)34-20-15-19-33-38-26-39-37(27-43(38)52-45(33)34)32-18-11-12-21-40(32)49-46(39)48(5,6)7/h8-29H,1-7H3. The summed E-state index contributed by atoms with van der Waals surface area (Å²) in [5.74, 6) is 1.44. The summed E-state index contributed by atoms with van der Waals surface area (Å²) in [6, 6.07) is 43.5. The summed E-state index contributed by atoms with van der Waals surface area (Å²) < 4.78 is 9.37. The Bertz CT molecular complexity index is 2800. The van der Waals surface area contributed by atoms with Crippen LogP contribution in [0.5, 0.6) is 0 Å². The molecule has 0 bridgehead atoms. The van der Waals surface area contributed by atoms with E-state index in [0.29, 0.717) is 0 Å². The maximum atomic E-state index is 6.97. The molecule has 0 saturated carbocycles. The van der Waals surface area contributed by atoms with Crippen molar-refractivity contribution < 1.29 is 4.42 Å². The van der Waals surface area contributed by atoms with Gasteiger partial charge in [0.25, 0.3) is 0 Å². The third kappa shape index (κ3) is 5.04. The monoisotopic (exact) mass is 677 g/mol. The van der Waals surface area contributed by atoms with Crippen molar-refractivity contribution in [2.75, 3.05) is 0 Å². The molecule has 0 N–H and O–H groups in total. The van der Waals surface area contributed by atoms with E-state index in [1.807, 2.05) is 0 Å². The second-order valence-electron chi connectivity index (χ2n) is 15.8. The predicted molar refractivity (Wildman–Crippen MR) is 219 cm³/mol. The molecular weight excluding hydrogens is 635 g/mol. The van der Waals surface area contributed by atoms with E-state index in [1.165, 1.54) is 33.3 Å². The fraction of sp³-hybridized carbons (Fsp3) is 0.208. The average molecular weight is 678 g/mol. The minimum Gasteiger partial charge on any atom is -0.455 e. The number of imidazole rings is 1. The Hall–Kier alpha value is -5.74. The van der Waals surface area contributed by atoms with Crippen LogP contribution in [0.15, 0.2) is 126 Å². The van der Waals surface area contributed by atoms with Crippen molar-refractivity contribution in [1.82, 2.24) is 14.5 Å². The van der Waals surface area contributed by atoms with Crippen LogP contribution >= 0.6 is 0 Å². The third-order valence-corrected chi connectivity index (χ3v) is 10.6. The first kappa shape index (κ1) is 32.2. The van der Waals surface area contributed by atoms with E-state index in [9.17, 15) is 0 Å². The number of furan rings is 1. The molecule has 0 amide bonds. The molecule has 3 aromatic heterocycles. The van der Waals surface area contributed by atoms with E-state index in [-0.39, 0.29) is 17.3 Å². The SMILES string of the molecule is CC(C)c1cc(-c2ccccc2)cc(C(C)C)c1-n1c(-c2cccc3c2oc2cc4c(cc23)c(C(C)(C)C)nc2ccccc24)nc2ccccc21. The van der Waals surface area contributed by atoms with Crippen LogP contribution in [0.4, 0.5) is 0 Å². The van der Waals surface area contributed by atoms with E-state index < -0.39 is 0 Å². The molecule has 0 atom stereocenters. The zero-order chi connectivity index (χ0) is 35.9. The summed E-state index contributed by atoms with van der Waals surface area (Å²) in [6.07, 6.45) is 0. The van der Waals surface area contributed by atoms with Gasteiger partial charge in [-0.2, -0.15) is 0 Å². The molecule has 9 rings (SSSR count). The van der Waals surface area contributed by atoms with Crippen molar-refractivity contribution in [2.45, 2.75) is 65.7 Å². The average Bonchev–Trinajstić information content (AvgIpc) is 3.71. The molecule has 0 aliphatic rings. The summed E-state index contributed by atoms with van der Waals surface area (Å²) in [4.78, 5) is 10.6. The molecule has 0 radical (unpaired) electrons. The van der Waals surface area contributed by atoms with E-state index in [0.717, 1.165) is 66.3 Å². The van der Waals surface area contributed by atoms with Crippen molar-refractivity contribution in [3.8, 4) is 28.2 Å². The summed E-state index contributed by atoms with van der Waals surface area (Å²) in [6.45, 7) is 15.9. The fourth-order valence-electron chi connectivity index (χ4n) is 8.04. The Morgan fingerprint density at radius 1 is 0.558 bits per heavy atom. The van der Waals surface area contributed by atoms with Crippen LogP contribution in [0.2, 0.25) is 0 Å². The Balaban J connectivity index is 1.36. The van der Waals surface area contributed by atoms with Crippen molar-refractivity contribution in [1.29, 1.82) is 0 Å². The molecule has 256 valence electrons. The number of rotatable bonds is 5. The molecule has 0 fully saturated rings. The van der Waals surface area contributed by atoms with Crippen molar-refractivity contribution in [3.63, 3.8) is 0 Å². The Kier molecular flexibility index (Phi) is 7.38. The highest BCUT2D eigenvalue weighted by Crippen LogP contribution is 2.44. The molecule has 52 heavy (non-hydrogen) atoms. The van der Waals surface area contributed by atoms with E-state index in [2.05, 4.69) is 174 Å². The maximum absolute atomic E-state index is 6.97. The number of aromatic nitrogens is 3. The van der Waals surface area contributed by atoms with Crippen LogP contribution in [0.3, 0.4) is 0 Å². The number of para-hydroxylation sites is 4. The van der Waals surface area contributed by atoms with Gasteiger partial charge in [-0.1, -0.05) is 121 Å². The molecule has 0 spiro atoms. The summed E-state index contributed by atoms with van der Waals surface area (Å²) in [5.41, 5.74) is 13.0. The van der Waals surface area contributed by atoms with E-state index in [1.54, 1.807) is 0 Å². The van der Waals surface area contributed by atoms with Gasteiger partial charge in [0.05, 0.1) is 33.5 Å². The van der Waals surface area contributed by atoms with Crippen molar-refractivity contribution in [3.05, 3.63) is 138 Å². The molecule has 6 aromatic carbocycles. The largest absolute Gasteiger partial charge is 0.455 e. The number of pyridine rings is 1. The van der Waals surface area contributed by atoms with Gasteiger partial charge in [-0.3, -0.25) is 9.55 Å². The molecule has 0 unspecified atom stereocenters.